The highest BCUT2D eigenvalue weighted by Gasteiger charge is 2.36. The Labute approximate surface area is 100.0 Å². The zero-order valence-corrected chi connectivity index (χ0v) is 10.6. The molecule has 1 aromatic rings. The summed E-state index contributed by atoms with van der Waals surface area (Å²) in [5.41, 5.74) is -0.851. The molecular formula is C10H19N5O2. The van der Waals surface area contributed by atoms with Crippen LogP contribution in [-0.2, 0) is 5.41 Å². The molecule has 0 aliphatic carbocycles. The van der Waals surface area contributed by atoms with Crippen molar-refractivity contribution in [2.75, 3.05) is 0 Å². The average Bonchev–Trinajstić information content (AvgIpc) is 2.67. The van der Waals surface area contributed by atoms with Crippen molar-refractivity contribution in [3.63, 3.8) is 0 Å². The monoisotopic (exact) mass is 241 g/mol. The fourth-order valence-corrected chi connectivity index (χ4v) is 2.09. The lowest BCUT2D eigenvalue weighted by molar-refractivity contribution is 0.172. The number of hydrogen-bond acceptors (Lipinski definition) is 4. The minimum atomic E-state index is -1.03. The molecule has 3 N–H and O–H groups in total. The molecule has 0 fully saturated rings. The van der Waals surface area contributed by atoms with E-state index in [2.05, 4.69) is 25.9 Å². The van der Waals surface area contributed by atoms with Crippen LogP contribution >= 0.6 is 0 Å². The van der Waals surface area contributed by atoms with Gasteiger partial charge >= 0.3 is 6.09 Å². The molecule has 0 aliphatic heterocycles. The molecule has 0 bridgehead atoms. The third-order valence-corrected chi connectivity index (χ3v) is 2.94. The summed E-state index contributed by atoms with van der Waals surface area (Å²) in [4.78, 5) is 10.7. The van der Waals surface area contributed by atoms with E-state index >= 15 is 0 Å². The Hall–Kier alpha value is -1.66. The van der Waals surface area contributed by atoms with Gasteiger partial charge in [-0.1, -0.05) is 19.1 Å². The number of tetrazole rings is 1. The highest BCUT2D eigenvalue weighted by Crippen LogP contribution is 2.33. The Bertz CT molecular complexity index is 376. The maximum atomic E-state index is 10.7. The first kappa shape index (κ1) is 13.4. The van der Waals surface area contributed by atoms with Crippen molar-refractivity contribution >= 4 is 6.09 Å². The van der Waals surface area contributed by atoms with Gasteiger partial charge in [0.05, 0.1) is 0 Å². The van der Waals surface area contributed by atoms with Crippen LogP contribution in [0.25, 0.3) is 0 Å². The molecule has 1 amide bonds. The van der Waals surface area contributed by atoms with E-state index in [9.17, 15) is 4.79 Å². The van der Waals surface area contributed by atoms with Gasteiger partial charge in [0.25, 0.3) is 0 Å². The maximum Gasteiger partial charge on any atom is 0.405 e. The zero-order chi connectivity index (χ0) is 13.1. The van der Waals surface area contributed by atoms with E-state index in [1.165, 1.54) is 0 Å². The van der Waals surface area contributed by atoms with Crippen molar-refractivity contribution in [3.05, 3.63) is 5.82 Å². The number of aromatic amines is 1. The second-order valence-electron chi connectivity index (χ2n) is 5.14. The Morgan fingerprint density at radius 2 is 2.12 bits per heavy atom. The molecule has 17 heavy (non-hydrogen) atoms. The van der Waals surface area contributed by atoms with Gasteiger partial charge in [0.2, 0.25) is 0 Å². The van der Waals surface area contributed by atoms with Crippen LogP contribution in [0.1, 0.15) is 46.4 Å². The molecule has 0 radical (unpaired) electrons. The van der Waals surface area contributed by atoms with Crippen molar-refractivity contribution in [2.24, 2.45) is 0 Å². The van der Waals surface area contributed by atoms with Crippen LogP contribution < -0.4 is 5.32 Å². The second-order valence-corrected chi connectivity index (χ2v) is 5.14. The van der Waals surface area contributed by atoms with Crippen LogP contribution in [0.3, 0.4) is 0 Å². The fraction of sp³-hybridized carbons (Fsp3) is 0.800. The van der Waals surface area contributed by atoms with E-state index in [0.29, 0.717) is 12.2 Å². The van der Waals surface area contributed by atoms with Gasteiger partial charge in [-0.25, -0.2) is 4.79 Å². The van der Waals surface area contributed by atoms with Crippen LogP contribution in [0.15, 0.2) is 0 Å². The number of hydrogen-bond donors (Lipinski definition) is 3. The molecule has 0 saturated heterocycles. The molecule has 1 heterocycles. The molecule has 1 atom stereocenters. The summed E-state index contributed by atoms with van der Waals surface area (Å²) in [5.74, 6) is 0.611. The molecule has 0 aliphatic rings. The highest BCUT2D eigenvalue weighted by molar-refractivity contribution is 5.65. The number of carboxylic acid groups (broad SMARTS) is 1. The topological polar surface area (TPSA) is 104 Å². The SMILES string of the molecule is CCC(C)(CC(C)(C)NC(=O)O)c1nn[nH]n1. The first-order valence-corrected chi connectivity index (χ1v) is 5.54. The number of amides is 1. The van der Waals surface area contributed by atoms with Gasteiger partial charge in [-0.05, 0) is 26.7 Å². The first-order chi connectivity index (χ1) is 7.79. The molecule has 96 valence electrons. The predicted molar refractivity (Wildman–Crippen MR) is 61.7 cm³/mol. The Kier molecular flexibility index (Phi) is 3.69. The minimum absolute atomic E-state index is 0.307. The van der Waals surface area contributed by atoms with Crippen molar-refractivity contribution < 1.29 is 9.90 Å². The molecule has 1 aromatic heterocycles. The summed E-state index contributed by atoms with van der Waals surface area (Å²) in [6.07, 6.45) is 0.376. The Morgan fingerprint density at radius 3 is 2.53 bits per heavy atom. The average molecular weight is 241 g/mol. The van der Waals surface area contributed by atoms with E-state index in [1.54, 1.807) is 0 Å². The maximum absolute atomic E-state index is 10.7. The molecule has 1 rings (SSSR count). The lowest BCUT2D eigenvalue weighted by atomic mass is 9.76. The minimum Gasteiger partial charge on any atom is -0.465 e. The summed E-state index contributed by atoms with van der Waals surface area (Å²) < 4.78 is 0. The summed E-state index contributed by atoms with van der Waals surface area (Å²) in [7, 11) is 0. The van der Waals surface area contributed by atoms with Crippen molar-refractivity contribution in [1.82, 2.24) is 25.9 Å². The van der Waals surface area contributed by atoms with Crippen LogP contribution in [0.5, 0.6) is 0 Å². The lowest BCUT2D eigenvalue weighted by Gasteiger charge is -2.34. The van der Waals surface area contributed by atoms with Gasteiger partial charge in [0, 0.05) is 11.0 Å². The molecule has 1 unspecified atom stereocenters. The van der Waals surface area contributed by atoms with Crippen LogP contribution in [0.4, 0.5) is 4.79 Å². The van der Waals surface area contributed by atoms with E-state index in [1.807, 2.05) is 27.7 Å². The largest absolute Gasteiger partial charge is 0.465 e. The molecule has 0 saturated carbocycles. The number of rotatable bonds is 5. The number of H-pyrrole nitrogens is 1. The summed E-state index contributed by atoms with van der Waals surface area (Å²) in [6.45, 7) is 7.71. The fourth-order valence-electron chi connectivity index (χ4n) is 2.09. The molecule has 0 aromatic carbocycles. The van der Waals surface area contributed by atoms with Gasteiger partial charge in [0.1, 0.15) is 0 Å². The van der Waals surface area contributed by atoms with Crippen LogP contribution in [0.2, 0.25) is 0 Å². The van der Waals surface area contributed by atoms with Crippen molar-refractivity contribution in [3.8, 4) is 0 Å². The quantitative estimate of drug-likeness (QED) is 0.721. The van der Waals surface area contributed by atoms with Gasteiger partial charge in [-0.15, -0.1) is 10.2 Å². The van der Waals surface area contributed by atoms with Crippen molar-refractivity contribution in [1.29, 1.82) is 0 Å². The van der Waals surface area contributed by atoms with Gasteiger partial charge < -0.3 is 10.4 Å². The number of aromatic nitrogens is 4. The smallest absolute Gasteiger partial charge is 0.405 e. The first-order valence-electron chi connectivity index (χ1n) is 5.54. The summed E-state index contributed by atoms with van der Waals surface area (Å²) in [5, 5.41) is 25.3. The molecule has 0 spiro atoms. The summed E-state index contributed by atoms with van der Waals surface area (Å²) >= 11 is 0. The predicted octanol–water partition coefficient (Wildman–Crippen LogP) is 1.30. The molecule has 7 heteroatoms. The Morgan fingerprint density at radius 1 is 1.47 bits per heavy atom. The molecular weight excluding hydrogens is 222 g/mol. The van der Waals surface area contributed by atoms with E-state index < -0.39 is 11.6 Å². The zero-order valence-electron chi connectivity index (χ0n) is 10.6. The number of carbonyl (C=O) groups is 1. The van der Waals surface area contributed by atoms with Gasteiger partial charge in [-0.3, -0.25) is 0 Å². The standard InChI is InChI=1S/C10H19N5O2/c1-5-10(4,7-12-14-15-13-7)6-9(2,3)11-8(16)17/h11H,5-6H2,1-4H3,(H,16,17)(H,12,13,14,15). The van der Waals surface area contributed by atoms with E-state index in [0.717, 1.165) is 6.42 Å². The van der Waals surface area contributed by atoms with Gasteiger partial charge in [-0.2, -0.15) is 5.21 Å². The molecule has 7 nitrogen and oxygen atoms in total. The third kappa shape index (κ3) is 3.40. The number of nitrogens with zero attached hydrogens (tertiary/aromatic N) is 3. The highest BCUT2D eigenvalue weighted by atomic mass is 16.4. The normalized spacial score (nSPS) is 15.3. The van der Waals surface area contributed by atoms with Crippen molar-refractivity contribution in [2.45, 2.75) is 51.5 Å². The summed E-state index contributed by atoms with van der Waals surface area (Å²) in [6, 6.07) is 0. The number of nitrogens with one attached hydrogen (secondary N) is 2. The Balaban J connectivity index is 2.86. The van der Waals surface area contributed by atoms with E-state index in [-0.39, 0.29) is 5.41 Å². The van der Waals surface area contributed by atoms with Crippen LogP contribution in [0, 0.1) is 0 Å². The lowest BCUT2D eigenvalue weighted by Crippen LogP contribution is -2.47. The third-order valence-electron chi connectivity index (χ3n) is 2.94. The van der Waals surface area contributed by atoms with Crippen LogP contribution in [-0.4, -0.2) is 37.4 Å². The second kappa shape index (κ2) is 4.68. The van der Waals surface area contributed by atoms with E-state index in [4.69, 9.17) is 5.11 Å². The van der Waals surface area contributed by atoms with Gasteiger partial charge in [0.15, 0.2) is 5.82 Å².